The van der Waals surface area contributed by atoms with E-state index in [4.69, 9.17) is 4.74 Å². The molecule has 0 atom stereocenters. The minimum atomic E-state index is 0.771. The monoisotopic (exact) mass is 205 g/mol. The lowest BCUT2D eigenvalue weighted by atomic mass is 9.90. The quantitative estimate of drug-likeness (QED) is 0.755. The van der Waals surface area contributed by atoms with Gasteiger partial charge in [0.25, 0.3) is 0 Å². The van der Waals surface area contributed by atoms with Crippen molar-refractivity contribution in [2.75, 3.05) is 6.61 Å². The SMILES string of the molecule is Cc1cc(OCC2CCCCC2)ccn1. The van der Waals surface area contributed by atoms with Crippen molar-refractivity contribution in [3.63, 3.8) is 0 Å². The van der Waals surface area contributed by atoms with Gasteiger partial charge in [0.2, 0.25) is 0 Å². The zero-order chi connectivity index (χ0) is 10.5. The van der Waals surface area contributed by atoms with Crippen LogP contribution < -0.4 is 4.74 Å². The molecule has 0 saturated heterocycles. The molecule has 82 valence electrons. The molecular formula is C13H19NO. The highest BCUT2D eigenvalue weighted by atomic mass is 16.5. The molecule has 2 heteroatoms. The van der Waals surface area contributed by atoms with E-state index in [0.29, 0.717) is 0 Å². The van der Waals surface area contributed by atoms with Crippen LogP contribution in [0.1, 0.15) is 37.8 Å². The maximum absolute atomic E-state index is 5.79. The van der Waals surface area contributed by atoms with E-state index < -0.39 is 0 Å². The van der Waals surface area contributed by atoms with Gasteiger partial charge in [-0.25, -0.2) is 0 Å². The molecule has 1 aliphatic rings. The molecule has 1 aromatic heterocycles. The molecule has 0 spiro atoms. The molecular weight excluding hydrogens is 186 g/mol. The maximum Gasteiger partial charge on any atom is 0.122 e. The third-order valence-electron chi connectivity index (χ3n) is 3.08. The van der Waals surface area contributed by atoms with Crippen molar-refractivity contribution in [3.05, 3.63) is 24.0 Å². The predicted molar refractivity (Wildman–Crippen MR) is 61.0 cm³/mol. The van der Waals surface area contributed by atoms with Crippen LogP contribution in [-0.2, 0) is 0 Å². The second kappa shape index (κ2) is 5.15. The lowest BCUT2D eigenvalue weighted by molar-refractivity contribution is 0.208. The summed E-state index contributed by atoms with van der Waals surface area (Å²) in [5, 5.41) is 0. The summed E-state index contributed by atoms with van der Waals surface area (Å²) in [4.78, 5) is 4.15. The lowest BCUT2D eigenvalue weighted by Crippen LogP contribution is -2.15. The number of hydrogen-bond donors (Lipinski definition) is 0. The zero-order valence-electron chi connectivity index (χ0n) is 9.41. The van der Waals surface area contributed by atoms with Crippen LogP contribution in [0.15, 0.2) is 18.3 Å². The second-order valence-electron chi connectivity index (χ2n) is 4.45. The molecule has 0 aliphatic heterocycles. The zero-order valence-corrected chi connectivity index (χ0v) is 9.41. The minimum absolute atomic E-state index is 0.771. The first kappa shape index (κ1) is 10.5. The second-order valence-corrected chi connectivity index (χ2v) is 4.45. The van der Waals surface area contributed by atoms with Crippen molar-refractivity contribution in [3.8, 4) is 5.75 Å². The summed E-state index contributed by atoms with van der Waals surface area (Å²) in [6.07, 6.45) is 8.65. The summed E-state index contributed by atoms with van der Waals surface area (Å²) in [5.74, 6) is 1.74. The number of rotatable bonds is 3. The molecule has 0 unspecified atom stereocenters. The highest BCUT2D eigenvalue weighted by Gasteiger charge is 2.13. The smallest absolute Gasteiger partial charge is 0.122 e. The molecule has 0 N–H and O–H groups in total. The molecule has 15 heavy (non-hydrogen) atoms. The van der Waals surface area contributed by atoms with Crippen molar-refractivity contribution >= 4 is 0 Å². The van der Waals surface area contributed by atoms with Crippen LogP contribution in [0.5, 0.6) is 5.75 Å². The Bertz CT molecular complexity index is 305. The summed E-state index contributed by atoms with van der Waals surface area (Å²) < 4.78 is 5.79. The number of nitrogens with zero attached hydrogens (tertiary/aromatic N) is 1. The van der Waals surface area contributed by atoms with E-state index in [1.54, 1.807) is 0 Å². The normalized spacial score (nSPS) is 17.7. The molecule has 2 rings (SSSR count). The molecule has 2 nitrogen and oxygen atoms in total. The first-order valence-corrected chi connectivity index (χ1v) is 5.90. The molecule has 1 fully saturated rings. The van der Waals surface area contributed by atoms with Gasteiger partial charge >= 0.3 is 0 Å². The third-order valence-corrected chi connectivity index (χ3v) is 3.08. The van der Waals surface area contributed by atoms with Gasteiger partial charge in [0, 0.05) is 18.0 Å². The van der Waals surface area contributed by atoms with E-state index in [0.717, 1.165) is 24.0 Å². The van der Waals surface area contributed by atoms with Gasteiger partial charge in [-0.15, -0.1) is 0 Å². The summed E-state index contributed by atoms with van der Waals surface area (Å²) in [6.45, 7) is 2.87. The van der Waals surface area contributed by atoms with Gasteiger partial charge in [-0.05, 0) is 31.7 Å². The summed E-state index contributed by atoms with van der Waals surface area (Å²) in [6, 6.07) is 3.94. The Morgan fingerprint density at radius 1 is 1.33 bits per heavy atom. The van der Waals surface area contributed by atoms with Gasteiger partial charge < -0.3 is 4.74 Å². The van der Waals surface area contributed by atoms with E-state index in [-0.39, 0.29) is 0 Å². The van der Waals surface area contributed by atoms with Crippen LogP contribution in [0.25, 0.3) is 0 Å². The molecule has 0 amide bonds. The van der Waals surface area contributed by atoms with E-state index in [2.05, 4.69) is 4.98 Å². The highest BCUT2D eigenvalue weighted by molar-refractivity contribution is 5.21. The van der Waals surface area contributed by atoms with Gasteiger partial charge in [-0.1, -0.05) is 19.3 Å². The largest absolute Gasteiger partial charge is 0.493 e. The third kappa shape index (κ3) is 3.22. The van der Waals surface area contributed by atoms with Gasteiger partial charge in [-0.3, -0.25) is 4.98 Å². The standard InChI is InChI=1S/C13H19NO/c1-11-9-13(7-8-14-11)15-10-12-5-3-2-4-6-12/h7-9,12H,2-6,10H2,1H3. The first-order valence-electron chi connectivity index (χ1n) is 5.90. The van der Waals surface area contributed by atoms with Crippen molar-refractivity contribution in [1.29, 1.82) is 0 Å². The van der Waals surface area contributed by atoms with E-state index >= 15 is 0 Å². The fraction of sp³-hybridized carbons (Fsp3) is 0.615. The van der Waals surface area contributed by atoms with Crippen LogP contribution in [-0.4, -0.2) is 11.6 Å². The molecule has 0 bridgehead atoms. The minimum Gasteiger partial charge on any atom is -0.493 e. The Hall–Kier alpha value is -1.05. The van der Waals surface area contributed by atoms with Crippen molar-refractivity contribution < 1.29 is 4.74 Å². The average Bonchev–Trinajstić information content (AvgIpc) is 2.28. The van der Waals surface area contributed by atoms with Gasteiger partial charge in [0.15, 0.2) is 0 Å². The Labute approximate surface area is 91.7 Å². The fourth-order valence-electron chi connectivity index (χ4n) is 2.18. The number of pyridine rings is 1. The van der Waals surface area contributed by atoms with Crippen LogP contribution in [0.3, 0.4) is 0 Å². The van der Waals surface area contributed by atoms with Crippen LogP contribution in [0.2, 0.25) is 0 Å². The highest BCUT2D eigenvalue weighted by Crippen LogP contribution is 2.24. The van der Waals surface area contributed by atoms with Crippen LogP contribution in [0.4, 0.5) is 0 Å². The topological polar surface area (TPSA) is 22.1 Å². The summed E-state index contributed by atoms with van der Waals surface area (Å²) in [7, 11) is 0. The van der Waals surface area contributed by atoms with Gasteiger partial charge in [0.05, 0.1) is 6.61 Å². The predicted octanol–water partition coefficient (Wildman–Crippen LogP) is 3.35. The number of aromatic nitrogens is 1. The average molecular weight is 205 g/mol. The fourth-order valence-corrected chi connectivity index (χ4v) is 2.18. The number of ether oxygens (including phenoxy) is 1. The molecule has 0 radical (unpaired) electrons. The number of hydrogen-bond acceptors (Lipinski definition) is 2. The number of aryl methyl sites for hydroxylation is 1. The van der Waals surface area contributed by atoms with Gasteiger partial charge in [0.1, 0.15) is 5.75 Å². The van der Waals surface area contributed by atoms with Crippen molar-refractivity contribution in [2.24, 2.45) is 5.92 Å². The Morgan fingerprint density at radius 2 is 2.13 bits per heavy atom. The molecule has 1 saturated carbocycles. The van der Waals surface area contributed by atoms with Crippen LogP contribution >= 0.6 is 0 Å². The summed E-state index contributed by atoms with van der Waals surface area (Å²) >= 11 is 0. The van der Waals surface area contributed by atoms with E-state index in [9.17, 15) is 0 Å². The molecule has 1 aromatic rings. The van der Waals surface area contributed by atoms with E-state index in [1.165, 1.54) is 32.1 Å². The Morgan fingerprint density at radius 3 is 2.87 bits per heavy atom. The molecule has 1 aliphatic carbocycles. The van der Waals surface area contributed by atoms with Crippen molar-refractivity contribution in [2.45, 2.75) is 39.0 Å². The first-order chi connectivity index (χ1) is 7.34. The molecule has 0 aromatic carbocycles. The van der Waals surface area contributed by atoms with Crippen molar-refractivity contribution in [1.82, 2.24) is 4.98 Å². The van der Waals surface area contributed by atoms with Gasteiger partial charge in [-0.2, -0.15) is 0 Å². The Balaban J connectivity index is 1.81. The van der Waals surface area contributed by atoms with Crippen LogP contribution in [0, 0.1) is 12.8 Å². The van der Waals surface area contributed by atoms with E-state index in [1.807, 2.05) is 25.3 Å². The lowest BCUT2D eigenvalue weighted by Gasteiger charge is -2.21. The Kier molecular flexibility index (Phi) is 3.59. The maximum atomic E-state index is 5.79. The molecule has 1 heterocycles. The summed E-state index contributed by atoms with van der Waals surface area (Å²) in [5.41, 5.74) is 1.02.